The van der Waals surface area contributed by atoms with Gasteiger partial charge in [-0.1, -0.05) is 0 Å². The molecule has 0 bridgehead atoms. The molecule has 0 aromatic carbocycles. The molecule has 35 heavy (non-hydrogen) atoms. The van der Waals surface area contributed by atoms with E-state index in [1.54, 1.807) is 36.3 Å². The van der Waals surface area contributed by atoms with Gasteiger partial charge in [-0.2, -0.15) is 0 Å². The summed E-state index contributed by atoms with van der Waals surface area (Å²) >= 11 is -0.166. The van der Waals surface area contributed by atoms with Crippen LogP contribution in [-0.4, -0.2) is 16.1 Å². The molecule has 0 N–H and O–H groups in total. The van der Waals surface area contributed by atoms with Crippen molar-refractivity contribution in [3.63, 3.8) is 0 Å². The zero-order valence-corrected chi connectivity index (χ0v) is 28.2. The maximum Gasteiger partial charge on any atom is -1.00 e. The molecule has 0 radical (unpaired) electrons. The Kier molecular flexibility index (Phi) is 13.4. The molecular weight excluding hydrogens is 535 g/mol. The number of unbranched alkanes of at least 4 members (excludes halogenated alkanes) is 2. The molecule has 0 aromatic heterocycles. The van der Waals surface area contributed by atoms with Crippen molar-refractivity contribution in [3.8, 4) is 0 Å². The molecule has 2 fully saturated rings. The van der Waals surface area contributed by atoms with Gasteiger partial charge >= 0.3 is 218 Å². The molecular formula is C30H50Cl2Si2Ti. The molecule has 0 nitrogen and oxygen atoms in total. The minimum atomic E-state index is -1.15. The number of allylic oxidation sites excluding steroid dienone is 8. The van der Waals surface area contributed by atoms with Crippen LogP contribution in [0.5, 0.6) is 0 Å². The van der Waals surface area contributed by atoms with Gasteiger partial charge < -0.3 is 24.8 Å². The maximum absolute atomic E-state index is 2.82. The van der Waals surface area contributed by atoms with Gasteiger partial charge in [-0.05, 0) is 0 Å². The van der Waals surface area contributed by atoms with Gasteiger partial charge in [0.1, 0.15) is 0 Å². The third-order valence-electron chi connectivity index (χ3n) is 9.49. The fraction of sp³-hybridized carbons (Fsp3) is 0.733. The Morgan fingerprint density at radius 1 is 0.629 bits per heavy atom. The molecule has 0 saturated carbocycles. The first-order chi connectivity index (χ1) is 16.1. The Morgan fingerprint density at radius 2 is 1.03 bits per heavy atom. The summed E-state index contributed by atoms with van der Waals surface area (Å²) in [5.41, 5.74) is 3.85. The van der Waals surface area contributed by atoms with Gasteiger partial charge in [0, 0.05) is 0 Å². The molecule has 2 aliphatic carbocycles. The first-order valence-electron chi connectivity index (χ1n) is 14.8. The van der Waals surface area contributed by atoms with E-state index in [2.05, 4.69) is 39.8 Å². The Morgan fingerprint density at radius 3 is 1.31 bits per heavy atom. The van der Waals surface area contributed by atoms with Gasteiger partial charge in [0.05, 0.1) is 0 Å². The number of halogens is 2. The fourth-order valence-corrected chi connectivity index (χ4v) is 22.2. The molecule has 0 atom stereocenters. The van der Waals surface area contributed by atoms with Crippen molar-refractivity contribution < 1.29 is 44.0 Å². The summed E-state index contributed by atoms with van der Waals surface area (Å²) in [5, 5.41) is 4.07. The van der Waals surface area contributed by atoms with E-state index in [0.717, 1.165) is 0 Å². The van der Waals surface area contributed by atoms with Crippen LogP contribution in [0.25, 0.3) is 0 Å². The second-order valence-electron chi connectivity index (χ2n) is 11.7. The zero-order valence-electron chi connectivity index (χ0n) is 23.1. The molecule has 4 aliphatic rings. The SMILES string of the molecule is CCCCC1=[C]([Ti+2][C]2=C(CCCC)CC=C2[Si]2(CCC)CCC2)C([Si]2(CCC)CCC2)=CC1.[Cl-].[Cl-]. The second kappa shape index (κ2) is 14.7. The van der Waals surface area contributed by atoms with Crippen LogP contribution >= 0.6 is 0 Å². The van der Waals surface area contributed by atoms with Gasteiger partial charge in [-0.3, -0.25) is 0 Å². The van der Waals surface area contributed by atoms with Gasteiger partial charge in [-0.15, -0.1) is 0 Å². The monoisotopic (exact) mass is 584 g/mol. The van der Waals surface area contributed by atoms with Crippen LogP contribution in [-0.2, 0) is 19.2 Å². The first-order valence-corrected chi connectivity index (χ1v) is 21.6. The third-order valence-corrected chi connectivity index (χ3v) is 24.3. The maximum atomic E-state index is 2.82. The quantitative estimate of drug-likeness (QED) is 0.268. The molecule has 196 valence electrons. The predicted octanol–water partition coefficient (Wildman–Crippen LogP) is 4.23. The van der Waals surface area contributed by atoms with Crippen molar-refractivity contribution in [3.05, 3.63) is 41.4 Å². The summed E-state index contributed by atoms with van der Waals surface area (Å²) in [5.74, 6) is 0. The second-order valence-corrected chi connectivity index (χ2v) is 22.9. The van der Waals surface area contributed by atoms with E-state index in [1.165, 1.54) is 77.0 Å². The largest absolute Gasteiger partial charge is 1.00 e. The van der Waals surface area contributed by atoms with Crippen molar-refractivity contribution in [1.29, 1.82) is 0 Å². The summed E-state index contributed by atoms with van der Waals surface area (Å²) in [6.45, 7) is 9.69. The zero-order chi connectivity index (χ0) is 23.3. The van der Waals surface area contributed by atoms with Crippen molar-refractivity contribution >= 4 is 16.1 Å². The molecule has 2 saturated heterocycles. The molecule has 5 heteroatoms. The summed E-state index contributed by atoms with van der Waals surface area (Å²) in [6, 6.07) is 9.61. The van der Waals surface area contributed by atoms with Crippen molar-refractivity contribution in [2.45, 2.75) is 141 Å². The van der Waals surface area contributed by atoms with Crippen LogP contribution in [0.3, 0.4) is 0 Å². The summed E-state index contributed by atoms with van der Waals surface area (Å²) in [4.78, 5) is 0. The molecule has 0 unspecified atom stereocenters. The number of hydrogen-bond donors (Lipinski definition) is 0. The van der Waals surface area contributed by atoms with Crippen LogP contribution in [0.1, 0.15) is 105 Å². The molecule has 2 heterocycles. The van der Waals surface area contributed by atoms with Crippen molar-refractivity contribution in [2.75, 3.05) is 0 Å². The smallest absolute Gasteiger partial charge is 1.00 e. The average molecular weight is 586 g/mol. The van der Waals surface area contributed by atoms with Gasteiger partial charge in [0.15, 0.2) is 0 Å². The fourth-order valence-electron chi connectivity index (χ4n) is 7.35. The van der Waals surface area contributed by atoms with E-state index in [9.17, 15) is 0 Å². The van der Waals surface area contributed by atoms with E-state index in [4.69, 9.17) is 0 Å². The number of rotatable bonds is 14. The molecule has 0 amide bonds. The standard InChI is InChI=1S/2C15H25Si.2ClH.Ti/c2*1-3-5-7-14-8-9-15(13-14)16(10-4-2)11-6-12-16;;;/h2*9H,3-8,10-12H2,1-2H3;2*1H;/q;;;;+2/p-2. The van der Waals surface area contributed by atoms with Gasteiger partial charge in [-0.25, -0.2) is 0 Å². The van der Waals surface area contributed by atoms with Crippen LogP contribution in [0.15, 0.2) is 41.4 Å². The van der Waals surface area contributed by atoms with Gasteiger partial charge in [0.2, 0.25) is 0 Å². The third kappa shape index (κ3) is 6.64. The molecule has 0 spiro atoms. The Bertz CT molecular complexity index is 763. The van der Waals surface area contributed by atoms with Crippen LogP contribution < -0.4 is 24.8 Å². The van der Waals surface area contributed by atoms with E-state index in [0.29, 0.717) is 0 Å². The van der Waals surface area contributed by atoms with E-state index >= 15 is 0 Å². The Balaban J connectivity index is 0.00000216. The van der Waals surface area contributed by atoms with Gasteiger partial charge in [0.25, 0.3) is 0 Å². The predicted molar refractivity (Wildman–Crippen MR) is 149 cm³/mol. The molecule has 2 aliphatic heterocycles. The summed E-state index contributed by atoms with van der Waals surface area (Å²) < 4.78 is 4.08. The number of hydrogen-bond acceptors (Lipinski definition) is 0. The van der Waals surface area contributed by atoms with Crippen molar-refractivity contribution in [2.24, 2.45) is 0 Å². The average Bonchev–Trinajstić information content (AvgIpc) is 3.35. The first kappa shape index (κ1) is 31.9. The summed E-state index contributed by atoms with van der Waals surface area (Å²) in [6.07, 6.45) is 22.5. The topological polar surface area (TPSA) is 0 Å². The summed E-state index contributed by atoms with van der Waals surface area (Å²) in [7, 11) is -2.29. The minimum Gasteiger partial charge on any atom is -1.00 e. The van der Waals surface area contributed by atoms with Crippen molar-refractivity contribution in [1.82, 2.24) is 0 Å². The molecule has 4 rings (SSSR count). The van der Waals surface area contributed by atoms with E-state index in [1.807, 2.05) is 29.3 Å². The van der Waals surface area contributed by atoms with Crippen LogP contribution in [0.2, 0.25) is 36.3 Å². The van der Waals surface area contributed by atoms with Crippen LogP contribution in [0, 0.1) is 0 Å². The Hall–Kier alpha value is 0.688. The van der Waals surface area contributed by atoms with E-state index < -0.39 is 16.1 Å². The Labute approximate surface area is 241 Å². The molecule has 0 aromatic rings. The van der Waals surface area contributed by atoms with Crippen LogP contribution in [0.4, 0.5) is 0 Å². The minimum absolute atomic E-state index is 0. The normalized spacial score (nSPS) is 21.9. The van der Waals surface area contributed by atoms with E-state index in [-0.39, 0.29) is 44.0 Å².